The average Bonchev–Trinajstić information content (AvgIpc) is 2.02. The molecule has 0 heterocycles. The molecule has 0 N–H and O–H groups in total. The molecule has 0 aliphatic rings. The highest BCUT2D eigenvalue weighted by atomic mass is 16.5. The van der Waals surface area contributed by atoms with Crippen LogP contribution in [0.1, 0.15) is 13.8 Å². The highest BCUT2D eigenvalue weighted by molar-refractivity contribution is 5.88. The zero-order valence-electron chi connectivity index (χ0n) is 7.22. The Hall–Kier alpha value is -0.830. The third-order valence-electron chi connectivity index (χ3n) is 1.38. The van der Waals surface area contributed by atoms with Crippen LogP contribution in [0.2, 0.25) is 0 Å². The molecule has 0 spiro atoms. The molecule has 1 atom stereocenters. The molecular formula is C8H14O3. The Labute approximate surface area is 67.0 Å². The molecule has 3 heteroatoms. The van der Waals surface area contributed by atoms with Gasteiger partial charge in [-0.3, -0.25) is 0 Å². The number of rotatable bonds is 4. The summed E-state index contributed by atoms with van der Waals surface area (Å²) in [5, 5.41) is 0. The fraction of sp³-hybridized carbons (Fsp3) is 0.625. The predicted molar refractivity (Wildman–Crippen MR) is 42.2 cm³/mol. The highest BCUT2D eigenvalue weighted by Crippen LogP contribution is 2.04. The van der Waals surface area contributed by atoms with E-state index in [1.165, 1.54) is 7.11 Å². The number of hydrogen-bond donors (Lipinski definition) is 0. The molecule has 0 radical (unpaired) electrons. The van der Waals surface area contributed by atoms with Crippen molar-refractivity contribution in [2.24, 2.45) is 0 Å². The summed E-state index contributed by atoms with van der Waals surface area (Å²) in [5.41, 5.74) is 0.356. The maximum atomic E-state index is 10.9. The molecule has 0 aliphatic carbocycles. The van der Waals surface area contributed by atoms with Gasteiger partial charge in [0.1, 0.15) is 0 Å². The second-order valence-corrected chi connectivity index (χ2v) is 2.12. The predicted octanol–water partition coefficient (Wildman–Crippen LogP) is 1.14. The van der Waals surface area contributed by atoms with Crippen molar-refractivity contribution in [1.29, 1.82) is 0 Å². The third-order valence-corrected chi connectivity index (χ3v) is 1.38. The van der Waals surface area contributed by atoms with E-state index in [4.69, 9.17) is 9.47 Å². The minimum Gasteiger partial charge on any atom is -0.463 e. The molecule has 0 aliphatic heterocycles. The molecule has 0 aromatic rings. The van der Waals surface area contributed by atoms with Crippen molar-refractivity contribution >= 4 is 5.97 Å². The Balaban J connectivity index is 3.92. The lowest BCUT2D eigenvalue weighted by atomic mass is 10.2. The van der Waals surface area contributed by atoms with Gasteiger partial charge in [-0.2, -0.15) is 0 Å². The Morgan fingerprint density at radius 3 is 2.55 bits per heavy atom. The normalized spacial score (nSPS) is 12.3. The number of hydrogen-bond acceptors (Lipinski definition) is 3. The van der Waals surface area contributed by atoms with Gasteiger partial charge in [-0.05, 0) is 13.8 Å². The molecule has 0 aromatic heterocycles. The van der Waals surface area contributed by atoms with Gasteiger partial charge in [0, 0.05) is 7.11 Å². The van der Waals surface area contributed by atoms with Crippen molar-refractivity contribution in [2.45, 2.75) is 20.0 Å². The average molecular weight is 158 g/mol. The van der Waals surface area contributed by atoms with Gasteiger partial charge in [0.25, 0.3) is 0 Å². The number of ether oxygens (including phenoxy) is 2. The molecule has 11 heavy (non-hydrogen) atoms. The van der Waals surface area contributed by atoms with Gasteiger partial charge in [-0.15, -0.1) is 0 Å². The lowest BCUT2D eigenvalue weighted by Crippen LogP contribution is -2.18. The number of carbonyl (C=O) groups excluding carboxylic acids is 1. The maximum absolute atomic E-state index is 10.9. The summed E-state index contributed by atoms with van der Waals surface area (Å²) in [4.78, 5) is 10.9. The number of esters is 1. The summed E-state index contributed by atoms with van der Waals surface area (Å²) in [5.74, 6) is -0.387. The lowest BCUT2D eigenvalue weighted by Gasteiger charge is -2.10. The number of methoxy groups -OCH3 is 1. The van der Waals surface area contributed by atoms with Crippen LogP contribution in [0.25, 0.3) is 0 Å². The standard InChI is InChI=1S/C8H14O3/c1-5-11-8(9)6(2)7(3)10-4/h7H,2,5H2,1,3-4H3. The molecule has 0 amide bonds. The van der Waals surface area contributed by atoms with Gasteiger partial charge in [-0.1, -0.05) is 6.58 Å². The molecule has 0 saturated heterocycles. The second kappa shape index (κ2) is 4.91. The van der Waals surface area contributed by atoms with Gasteiger partial charge in [0.15, 0.2) is 0 Å². The first-order valence-corrected chi connectivity index (χ1v) is 3.52. The van der Waals surface area contributed by atoms with Crippen LogP contribution in [0.3, 0.4) is 0 Å². The summed E-state index contributed by atoms with van der Waals surface area (Å²) in [6, 6.07) is 0. The van der Waals surface area contributed by atoms with E-state index in [9.17, 15) is 4.79 Å². The summed E-state index contributed by atoms with van der Waals surface area (Å²) < 4.78 is 9.59. The molecule has 1 unspecified atom stereocenters. The molecule has 3 nitrogen and oxygen atoms in total. The van der Waals surface area contributed by atoms with E-state index in [-0.39, 0.29) is 12.1 Å². The molecule has 0 aromatic carbocycles. The van der Waals surface area contributed by atoms with E-state index in [0.29, 0.717) is 12.2 Å². The van der Waals surface area contributed by atoms with Crippen LogP contribution in [-0.2, 0) is 14.3 Å². The Bertz CT molecular complexity index is 151. The first-order chi connectivity index (χ1) is 5.13. The van der Waals surface area contributed by atoms with Crippen molar-refractivity contribution in [2.75, 3.05) is 13.7 Å². The quantitative estimate of drug-likeness (QED) is 0.454. The fourth-order valence-corrected chi connectivity index (χ4v) is 0.532. The van der Waals surface area contributed by atoms with Crippen molar-refractivity contribution in [3.63, 3.8) is 0 Å². The van der Waals surface area contributed by atoms with E-state index < -0.39 is 0 Å². The van der Waals surface area contributed by atoms with Gasteiger partial charge in [-0.25, -0.2) is 4.79 Å². The molecule has 0 fully saturated rings. The first-order valence-electron chi connectivity index (χ1n) is 3.52. The van der Waals surface area contributed by atoms with E-state index in [1.807, 2.05) is 0 Å². The van der Waals surface area contributed by atoms with Crippen LogP contribution >= 0.6 is 0 Å². The summed E-state index contributed by atoms with van der Waals surface area (Å²) >= 11 is 0. The lowest BCUT2D eigenvalue weighted by molar-refractivity contribution is -0.139. The monoisotopic (exact) mass is 158 g/mol. The van der Waals surface area contributed by atoms with E-state index >= 15 is 0 Å². The SMILES string of the molecule is C=C(C(=O)OCC)C(C)OC. The summed E-state index contributed by atoms with van der Waals surface area (Å²) in [7, 11) is 1.52. The van der Waals surface area contributed by atoms with Crippen molar-refractivity contribution in [3.05, 3.63) is 12.2 Å². The first kappa shape index (κ1) is 10.2. The van der Waals surface area contributed by atoms with Crippen LogP contribution in [-0.4, -0.2) is 25.8 Å². The van der Waals surface area contributed by atoms with Crippen molar-refractivity contribution < 1.29 is 14.3 Å². The Kier molecular flexibility index (Phi) is 4.54. The van der Waals surface area contributed by atoms with Crippen LogP contribution < -0.4 is 0 Å². The number of carbonyl (C=O) groups is 1. The topological polar surface area (TPSA) is 35.5 Å². The van der Waals surface area contributed by atoms with Gasteiger partial charge in [0.2, 0.25) is 0 Å². The van der Waals surface area contributed by atoms with Crippen LogP contribution in [0.15, 0.2) is 12.2 Å². The Morgan fingerprint density at radius 1 is 1.64 bits per heavy atom. The molecular weight excluding hydrogens is 144 g/mol. The fourth-order valence-electron chi connectivity index (χ4n) is 0.532. The van der Waals surface area contributed by atoms with Gasteiger partial charge >= 0.3 is 5.97 Å². The van der Waals surface area contributed by atoms with E-state index in [0.717, 1.165) is 0 Å². The van der Waals surface area contributed by atoms with Gasteiger partial charge < -0.3 is 9.47 Å². The van der Waals surface area contributed by atoms with Crippen LogP contribution in [0.4, 0.5) is 0 Å². The van der Waals surface area contributed by atoms with Crippen molar-refractivity contribution in [1.82, 2.24) is 0 Å². The van der Waals surface area contributed by atoms with Crippen LogP contribution in [0, 0.1) is 0 Å². The third kappa shape index (κ3) is 3.18. The summed E-state index contributed by atoms with van der Waals surface area (Å²) in [6.07, 6.45) is -0.269. The van der Waals surface area contributed by atoms with Crippen LogP contribution in [0.5, 0.6) is 0 Å². The maximum Gasteiger partial charge on any atom is 0.336 e. The minimum absolute atomic E-state index is 0.269. The van der Waals surface area contributed by atoms with Crippen molar-refractivity contribution in [3.8, 4) is 0 Å². The molecule has 0 saturated carbocycles. The Morgan fingerprint density at radius 2 is 2.18 bits per heavy atom. The zero-order chi connectivity index (χ0) is 8.85. The van der Waals surface area contributed by atoms with E-state index in [2.05, 4.69) is 6.58 Å². The minimum atomic E-state index is -0.387. The molecule has 0 bridgehead atoms. The highest BCUT2D eigenvalue weighted by Gasteiger charge is 2.14. The van der Waals surface area contributed by atoms with Gasteiger partial charge in [0.05, 0.1) is 18.3 Å². The summed E-state index contributed by atoms with van der Waals surface area (Å²) in [6.45, 7) is 7.42. The molecule has 0 rings (SSSR count). The second-order valence-electron chi connectivity index (χ2n) is 2.12. The largest absolute Gasteiger partial charge is 0.463 e. The smallest absolute Gasteiger partial charge is 0.336 e. The zero-order valence-corrected chi connectivity index (χ0v) is 7.22. The molecule has 64 valence electrons. The van der Waals surface area contributed by atoms with E-state index in [1.54, 1.807) is 13.8 Å².